The van der Waals surface area contributed by atoms with Gasteiger partial charge in [0.25, 0.3) is 5.91 Å². The van der Waals surface area contributed by atoms with E-state index >= 15 is 0 Å². The lowest BCUT2D eigenvalue weighted by molar-refractivity contribution is 0.0997. The number of ether oxygens (including phenoxy) is 1. The molecule has 9 heteroatoms. The Morgan fingerprint density at radius 1 is 1.18 bits per heavy atom. The van der Waals surface area contributed by atoms with Gasteiger partial charge >= 0.3 is 0 Å². The van der Waals surface area contributed by atoms with Gasteiger partial charge in [0.1, 0.15) is 0 Å². The number of fused-ring (bicyclic) bond motifs is 1. The standard InChI is InChI=1S/C25H31N3O4S2/c1-17-6-5-11-27(16-17)34(30,31)21-9-7-20(8-10-21)24(29)26-25-28(12-13-32-4)22-14-18(2)19(3)15-23(22)33-25/h7-10,14-15,17H,5-6,11-13,16H2,1-4H3. The molecule has 182 valence electrons. The highest BCUT2D eigenvalue weighted by molar-refractivity contribution is 7.89. The van der Waals surface area contributed by atoms with Crippen LogP contribution in [0.3, 0.4) is 0 Å². The third-order valence-corrected chi connectivity index (χ3v) is 9.29. The molecule has 0 bridgehead atoms. The molecule has 4 rings (SSSR count). The van der Waals surface area contributed by atoms with Crippen LogP contribution in [0.15, 0.2) is 46.3 Å². The van der Waals surface area contributed by atoms with E-state index in [-0.39, 0.29) is 4.90 Å². The summed E-state index contributed by atoms with van der Waals surface area (Å²) in [6.07, 6.45) is 1.91. The van der Waals surface area contributed by atoms with Gasteiger partial charge in [-0.2, -0.15) is 9.30 Å². The van der Waals surface area contributed by atoms with Crippen LogP contribution in [-0.2, 0) is 21.3 Å². The number of sulfonamides is 1. The number of rotatable bonds is 6. The van der Waals surface area contributed by atoms with Crippen LogP contribution in [0.5, 0.6) is 0 Å². The number of aromatic nitrogens is 1. The van der Waals surface area contributed by atoms with Crippen molar-refractivity contribution in [1.82, 2.24) is 8.87 Å². The molecule has 1 aliphatic rings. The van der Waals surface area contributed by atoms with Crippen LogP contribution in [0, 0.1) is 19.8 Å². The number of carbonyl (C=O) groups excluding carboxylic acids is 1. The first-order valence-corrected chi connectivity index (χ1v) is 13.7. The van der Waals surface area contributed by atoms with Gasteiger partial charge < -0.3 is 9.30 Å². The van der Waals surface area contributed by atoms with Crippen molar-refractivity contribution in [2.45, 2.75) is 45.1 Å². The molecule has 2 heterocycles. The molecule has 0 N–H and O–H groups in total. The van der Waals surface area contributed by atoms with Crippen LogP contribution >= 0.6 is 11.3 Å². The monoisotopic (exact) mass is 501 g/mol. The second kappa shape index (κ2) is 10.1. The maximum atomic E-state index is 13.0. The molecule has 1 atom stereocenters. The van der Waals surface area contributed by atoms with E-state index in [1.54, 1.807) is 23.5 Å². The average Bonchev–Trinajstić information content (AvgIpc) is 3.13. The van der Waals surface area contributed by atoms with E-state index in [9.17, 15) is 13.2 Å². The largest absolute Gasteiger partial charge is 0.383 e. The molecule has 1 aliphatic heterocycles. The van der Waals surface area contributed by atoms with E-state index in [4.69, 9.17) is 4.74 Å². The van der Waals surface area contributed by atoms with Gasteiger partial charge in [0.15, 0.2) is 4.80 Å². The SMILES string of the molecule is COCCn1c(=NC(=O)c2ccc(S(=O)(=O)N3CCCC(C)C3)cc2)sc2cc(C)c(C)cc21. The number of piperidine rings is 1. The number of hydrogen-bond acceptors (Lipinski definition) is 5. The Labute approximate surface area is 204 Å². The van der Waals surface area contributed by atoms with E-state index in [0.29, 0.717) is 42.5 Å². The maximum Gasteiger partial charge on any atom is 0.279 e. The van der Waals surface area contributed by atoms with Crippen molar-refractivity contribution in [3.8, 4) is 0 Å². The minimum absolute atomic E-state index is 0.209. The van der Waals surface area contributed by atoms with Crippen LogP contribution in [-0.4, -0.2) is 50.0 Å². The summed E-state index contributed by atoms with van der Waals surface area (Å²) in [6.45, 7) is 8.35. The normalized spacial score (nSPS) is 18.0. The number of hydrogen-bond donors (Lipinski definition) is 0. The van der Waals surface area contributed by atoms with Crippen molar-refractivity contribution in [2.24, 2.45) is 10.9 Å². The molecule has 1 amide bonds. The molecular weight excluding hydrogens is 470 g/mol. The Morgan fingerprint density at radius 2 is 1.88 bits per heavy atom. The average molecular weight is 502 g/mol. The molecule has 1 unspecified atom stereocenters. The predicted octanol–water partition coefficient (Wildman–Crippen LogP) is 4.13. The van der Waals surface area contributed by atoms with Crippen LogP contribution in [0.25, 0.3) is 10.2 Å². The summed E-state index contributed by atoms with van der Waals surface area (Å²) in [6, 6.07) is 10.3. The van der Waals surface area contributed by atoms with Crippen molar-refractivity contribution in [3.63, 3.8) is 0 Å². The van der Waals surface area contributed by atoms with E-state index in [1.165, 1.54) is 34.6 Å². The maximum absolute atomic E-state index is 13.0. The minimum Gasteiger partial charge on any atom is -0.383 e. The summed E-state index contributed by atoms with van der Waals surface area (Å²) in [4.78, 5) is 18.2. The van der Waals surface area contributed by atoms with Gasteiger partial charge in [0.2, 0.25) is 10.0 Å². The van der Waals surface area contributed by atoms with Gasteiger partial charge in [-0.05, 0) is 80.1 Å². The molecule has 34 heavy (non-hydrogen) atoms. The number of carbonyl (C=O) groups is 1. The Bertz CT molecular complexity index is 1370. The summed E-state index contributed by atoms with van der Waals surface area (Å²) < 4.78 is 35.9. The molecule has 2 aromatic carbocycles. The van der Waals surface area contributed by atoms with Gasteiger partial charge in [0.05, 0.1) is 21.7 Å². The second-order valence-corrected chi connectivity index (χ2v) is 11.9. The molecule has 1 fully saturated rings. The van der Waals surface area contributed by atoms with Crippen LogP contribution in [0.2, 0.25) is 0 Å². The molecule has 1 saturated heterocycles. The first-order valence-electron chi connectivity index (χ1n) is 11.5. The minimum atomic E-state index is -3.56. The molecule has 1 aromatic heterocycles. The zero-order valence-corrected chi connectivity index (χ0v) is 21.7. The Balaban J connectivity index is 1.65. The summed E-state index contributed by atoms with van der Waals surface area (Å²) >= 11 is 1.46. The van der Waals surface area contributed by atoms with Crippen LogP contribution < -0.4 is 4.80 Å². The lowest BCUT2D eigenvalue weighted by Gasteiger charge is -2.30. The third-order valence-electron chi connectivity index (χ3n) is 6.37. The van der Waals surface area contributed by atoms with Crippen molar-refractivity contribution >= 4 is 37.5 Å². The van der Waals surface area contributed by atoms with Crippen LogP contribution in [0.1, 0.15) is 41.3 Å². The quantitative estimate of drug-likeness (QED) is 0.509. The number of thiazole rings is 1. The van der Waals surface area contributed by atoms with E-state index in [2.05, 4.69) is 37.9 Å². The smallest absolute Gasteiger partial charge is 0.279 e. The molecule has 0 spiro atoms. The second-order valence-electron chi connectivity index (χ2n) is 8.99. The predicted molar refractivity (Wildman–Crippen MR) is 135 cm³/mol. The van der Waals surface area contributed by atoms with Gasteiger partial charge in [-0.1, -0.05) is 18.3 Å². The van der Waals surface area contributed by atoms with Crippen molar-refractivity contribution in [1.29, 1.82) is 0 Å². The summed E-state index contributed by atoms with van der Waals surface area (Å²) in [5.74, 6) is -0.0522. The lowest BCUT2D eigenvalue weighted by Crippen LogP contribution is -2.39. The van der Waals surface area contributed by atoms with E-state index in [0.717, 1.165) is 23.1 Å². The number of amides is 1. The van der Waals surface area contributed by atoms with Gasteiger partial charge in [-0.3, -0.25) is 4.79 Å². The molecule has 0 radical (unpaired) electrons. The van der Waals surface area contributed by atoms with Crippen LogP contribution in [0.4, 0.5) is 0 Å². The molecule has 3 aromatic rings. The summed E-state index contributed by atoms with van der Waals surface area (Å²) in [5.41, 5.74) is 3.74. The first-order chi connectivity index (χ1) is 16.2. The number of benzene rings is 2. The van der Waals surface area contributed by atoms with Crippen molar-refractivity contribution in [3.05, 3.63) is 57.9 Å². The highest BCUT2D eigenvalue weighted by atomic mass is 32.2. The zero-order chi connectivity index (χ0) is 24.5. The Kier molecular flexibility index (Phi) is 7.37. The van der Waals surface area contributed by atoms with Crippen molar-refractivity contribution < 1.29 is 17.9 Å². The molecular formula is C25H31N3O4S2. The highest BCUT2D eigenvalue weighted by Crippen LogP contribution is 2.24. The fourth-order valence-electron chi connectivity index (χ4n) is 4.24. The van der Waals surface area contributed by atoms with Gasteiger partial charge in [-0.15, -0.1) is 0 Å². The number of aryl methyl sites for hydroxylation is 2. The molecule has 0 aliphatic carbocycles. The van der Waals surface area contributed by atoms with Crippen molar-refractivity contribution in [2.75, 3.05) is 26.8 Å². The van der Waals surface area contributed by atoms with Gasteiger partial charge in [-0.25, -0.2) is 8.42 Å². The number of methoxy groups -OCH3 is 1. The lowest BCUT2D eigenvalue weighted by atomic mass is 10.0. The van der Waals surface area contributed by atoms with E-state index in [1.807, 2.05) is 4.57 Å². The Morgan fingerprint density at radius 3 is 2.56 bits per heavy atom. The topological polar surface area (TPSA) is 81.0 Å². The molecule has 7 nitrogen and oxygen atoms in total. The summed E-state index contributed by atoms with van der Waals surface area (Å²) in [5, 5.41) is 0. The fourth-order valence-corrected chi connectivity index (χ4v) is 6.97. The summed E-state index contributed by atoms with van der Waals surface area (Å²) in [7, 11) is -1.92. The number of nitrogens with zero attached hydrogens (tertiary/aromatic N) is 3. The first kappa shape index (κ1) is 24.8. The highest BCUT2D eigenvalue weighted by Gasteiger charge is 2.28. The third kappa shape index (κ3) is 5.02. The fraction of sp³-hybridized carbons (Fsp3) is 0.440. The Hall–Kier alpha value is -2.33. The molecule has 0 saturated carbocycles. The van der Waals surface area contributed by atoms with Gasteiger partial charge in [0, 0.05) is 32.3 Å². The van der Waals surface area contributed by atoms with E-state index < -0.39 is 15.9 Å². The zero-order valence-electron chi connectivity index (χ0n) is 20.1.